The summed E-state index contributed by atoms with van der Waals surface area (Å²) < 4.78 is 0. The lowest BCUT2D eigenvalue weighted by Crippen LogP contribution is -2.49. The van der Waals surface area contributed by atoms with Crippen molar-refractivity contribution in [2.45, 2.75) is 51.5 Å². The Morgan fingerprint density at radius 1 is 1.14 bits per heavy atom. The molecular formula is C15H28ClN3O2. The highest BCUT2D eigenvalue weighted by molar-refractivity contribution is 5.86. The molecule has 0 heterocycles. The first kappa shape index (κ1) is 18.2. The second kappa shape index (κ2) is 8.59. The van der Waals surface area contributed by atoms with Crippen molar-refractivity contribution in [2.75, 3.05) is 13.1 Å². The molecule has 2 amide bonds. The molecule has 0 radical (unpaired) electrons. The number of nitrogens with two attached hydrogens (primary N) is 1. The van der Waals surface area contributed by atoms with Crippen LogP contribution in [0.3, 0.4) is 0 Å². The quantitative estimate of drug-likeness (QED) is 0.712. The number of amides is 2. The molecule has 2 rings (SSSR count). The highest BCUT2D eigenvalue weighted by Gasteiger charge is 2.40. The number of carbonyl (C=O) groups is 2. The molecule has 4 N–H and O–H groups in total. The molecule has 0 aromatic carbocycles. The molecule has 0 spiro atoms. The van der Waals surface area contributed by atoms with E-state index in [2.05, 4.69) is 10.6 Å². The molecule has 6 heteroatoms. The third kappa shape index (κ3) is 4.85. The Bertz CT molecular complexity index is 351. The van der Waals surface area contributed by atoms with Crippen molar-refractivity contribution in [3.8, 4) is 0 Å². The molecule has 0 aromatic rings. The summed E-state index contributed by atoms with van der Waals surface area (Å²) in [6, 6.07) is 0.278. The van der Waals surface area contributed by atoms with Gasteiger partial charge in [0.05, 0.1) is 6.54 Å². The van der Waals surface area contributed by atoms with Gasteiger partial charge in [-0.15, -0.1) is 12.4 Å². The third-order valence-corrected chi connectivity index (χ3v) is 4.78. The maximum atomic E-state index is 12.2. The third-order valence-electron chi connectivity index (χ3n) is 4.78. The van der Waals surface area contributed by atoms with Crippen molar-refractivity contribution >= 4 is 24.2 Å². The first-order chi connectivity index (χ1) is 9.61. The molecule has 2 fully saturated rings. The Hall–Kier alpha value is -0.810. The smallest absolute Gasteiger partial charge is 0.239 e. The molecule has 2 aliphatic carbocycles. The van der Waals surface area contributed by atoms with Gasteiger partial charge in [0.15, 0.2) is 0 Å². The highest BCUT2D eigenvalue weighted by atomic mass is 35.5. The van der Waals surface area contributed by atoms with Gasteiger partial charge in [-0.3, -0.25) is 9.59 Å². The molecule has 0 aliphatic heterocycles. The monoisotopic (exact) mass is 317 g/mol. The highest BCUT2D eigenvalue weighted by Crippen LogP contribution is 2.41. The number of fused-ring (bicyclic) bond motifs is 2. The average Bonchev–Trinajstić information content (AvgIpc) is 2.42. The number of carbonyl (C=O) groups excluding carboxylic acids is 2. The largest absolute Gasteiger partial charge is 0.355 e. The lowest BCUT2D eigenvalue weighted by atomic mass is 9.65. The van der Waals surface area contributed by atoms with Gasteiger partial charge in [0.25, 0.3) is 0 Å². The van der Waals surface area contributed by atoms with E-state index >= 15 is 0 Å². The molecule has 2 bridgehead atoms. The first-order valence-electron chi connectivity index (χ1n) is 7.91. The van der Waals surface area contributed by atoms with Crippen LogP contribution in [0.5, 0.6) is 0 Å². The second-order valence-corrected chi connectivity index (χ2v) is 6.26. The zero-order valence-electron chi connectivity index (χ0n) is 12.8. The van der Waals surface area contributed by atoms with Gasteiger partial charge in [-0.1, -0.05) is 13.3 Å². The summed E-state index contributed by atoms with van der Waals surface area (Å²) in [4.78, 5) is 23.7. The van der Waals surface area contributed by atoms with Crippen LogP contribution in [0.15, 0.2) is 0 Å². The van der Waals surface area contributed by atoms with E-state index in [4.69, 9.17) is 5.73 Å². The number of nitrogens with one attached hydrogen (secondary N) is 2. The van der Waals surface area contributed by atoms with E-state index in [1.54, 1.807) is 0 Å². The van der Waals surface area contributed by atoms with Gasteiger partial charge in [-0.2, -0.15) is 0 Å². The van der Waals surface area contributed by atoms with Gasteiger partial charge in [-0.25, -0.2) is 0 Å². The zero-order valence-corrected chi connectivity index (χ0v) is 13.6. The van der Waals surface area contributed by atoms with Crippen LogP contribution in [-0.4, -0.2) is 30.9 Å². The molecule has 2 aliphatic rings. The average molecular weight is 318 g/mol. The van der Waals surface area contributed by atoms with Crippen LogP contribution in [-0.2, 0) is 9.59 Å². The van der Waals surface area contributed by atoms with Crippen LogP contribution in [0.4, 0.5) is 0 Å². The van der Waals surface area contributed by atoms with E-state index in [0.717, 1.165) is 32.1 Å². The minimum Gasteiger partial charge on any atom is -0.355 e. The van der Waals surface area contributed by atoms with Gasteiger partial charge in [0.1, 0.15) is 0 Å². The first-order valence-corrected chi connectivity index (χ1v) is 7.91. The summed E-state index contributed by atoms with van der Waals surface area (Å²) in [6.45, 7) is 2.76. The number of halogens is 1. The van der Waals surface area contributed by atoms with Crippen LogP contribution >= 0.6 is 12.4 Å². The topological polar surface area (TPSA) is 84.2 Å². The maximum absolute atomic E-state index is 12.2. The number of hydrogen-bond acceptors (Lipinski definition) is 3. The van der Waals surface area contributed by atoms with Gasteiger partial charge < -0.3 is 16.4 Å². The lowest BCUT2D eigenvalue weighted by molar-refractivity contribution is -0.130. The minimum absolute atomic E-state index is 0. The normalized spacial score (nSPS) is 31.0. The molecule has 21 heavy (non-hydrogen) atoms. The van der Waals surface area contributed by atoms with Crippen molar-refractivity contribution in [1.29, 1.82) is 0 Å². The van der Waals surface area contributed by atoms with Crippen molar-refractivity contribution in [1.82, 2.24) is 10.6 Å². The van der Waals surface area contributed by atoms with Crippen molar-refractivity contribution in [3.63, 3.8) is 0 Å². The van der Waals surface area contributed by atoms with E-state index in [0.29, 0.717) is 18.4 Å². The molecule has 0 saturated heterocycles. The fourth-order valence-corrected chi connectivity index (χ4v) is 3.64. The van der Waals surface area contributed by atoms with E-state index in [-0.39, 0.29) is 42.7 Å². The molecule has 2 saturated carbocycles. The van der Waals surface area contributed by atoms with Gasteiger partial charge in [0.2, 0.25) is 11.8 Å². The van der Waals surface area contributed by atoms with Gasteiger partial charge >= 0.3 is 0 Å². The Morgan fingerprint density at radius 3 is 2.33 bits per heavy atom. The summed E-state index contributed by atoms with van der Waals surface area (Å²) in [6.07, 6.45) is 6.23. The molecule has 122 valence electrons. The van der Waals surface area contributed by atoms with Crippen LogP contribution in [0.2, 0.25) is 0 Å². The fourth-order valence-electron chi connectivity index (χ4n) is 3.64. The summed E-state index contributed by atoms with van der Waals surface area (Å²) in [5.74, 6) is 0.955. The minimum atomic E-state index is -0.104. The van der Waals surface area contributed by atoms with Crippen LogP contribution in [0.25, 0.3) is 0 Å². The lowest BCUT2D eigenvalue weighted by Gasteiger charge is -2.43. The Morgan fingerprint density at radius 2 is 1.76 bits per heavy atom. The predicted molar refractivity (Wildman–Crippen MR) is 85.1 cm³/mol. The number of hydrogen-bond donors (Lipinski definition) is 3. The zero-order chi connectivity index (χ0) is 14.5. The van der Waals surface area contributed by atoms with E-state index in [9.17, 15) is 9.59 Å². The molecule has 2 atom stereocenters. The Labute approximate surface area is 133 Å². The van der Waals surface area contributed by atoms with Crippen LogP contribution < -0.4 is 16.4 Å². The standard InChI is InChI=1S/C15H27N3O2.ClH/c1-2-6-17-13(19)9-18-15(20)12-7-10-4-3-5-11(8-12)14(10)16;/h10-12,14H,2-9,16H2,1H3,(H,17,19)(H,18,20);1H. The Balaban J connectivity index is 0.00000220. The SMILES string of the molecule is CCCNC(=O)CNC(=O)C1CC2CCCC(C1)C2N.Cl. The fraction of sp³-hybridized carbons (Fsp3) is 0.867. The van der Waals surface area contributed by atoms with E-state index in [1.807, 2.05) is 6.92 Å². The second-order valence-electron chi connectivity index (χ2n) is 6.26. The van der Waals surface area contributed by atoms with Crippen molar-refractivity contribution < 1.29 is 9.59 Å². The molecular weight excluding hydrogens is 290 g/mol. The maximum Gasteiger partial charge on any atom is 0.239 e. The predicted octanol–water partition coefficient (Wildman–Crippen LogP) is 1.20. The molecule has 0 aromatic heterocycles. The van der Waals surface area contributed by atoms with Crippen LogP contribution in [0, 0.1) is 17.8 Å². The molecule has 2 unspecified atom stereocenters. The summed E-state index contributed by atoms with van der Waals surface area (Å²) in [5.41, 5.74) is 6.23. The van der Waals surface area contributed by atoms with Gasteiger partial charge in [-0.05, 0) is 43.9 Å². The van der Waals surface area contributed by atoms with Gasteiger partial charge in [0, 0.05) is 18.5 Å². The van der Waals surface area contributed by atoms with Crippen LogP contribution in [0.1, 0.15) is 45.4 Å². The Kier molecular flexibility index (Phi) is 7.46. The van der Waals surface area contributed by atoms with E-state index < -0.39 is 0 Å². The van der Waals surface area contributed by atoms with Crippen molar-refractivity contribution in [2.24, 2.45) is 23.5 Å². The van der Waals surface area contributed by atoms with E-state index in [1.165, 1.54) is 6.42 Å². The summed E-state index contributed by atoms with van der Waals surface area (Å²) in [7, 11) is 0. The summed E-state index contributed by atoms with van der Waals surface area (Å²) >= 11 is 0. The van der Waals surface area contributed by atoms with Crippen molar-refractivity contribution in [3.05, 3.63) is 0 Å². The molecule has 5 nitrogen and oxygen atoms in total. The number of rotatable bonds is 5. The summed E-state index contributed by atoms with van der Waals surface area (Å²) in [5, 5.41) is 5.54.